The molecule has 1 atom stereocenters. The zero-order valence-corrected chi connectivity index (χ0v) is 10.1. The van der Waals surface area contributed by atoms with Crippen LogP contribution in [0.2, 0.25) is 0 Å². The molecule has 0 saturated carbocycles. The summed E-state index contributed by atoms with van der Waals surface area (Å²) in [6.07, 6.45) is 0.0692. The van der Waals surface area contributed by atoms with E-state index in [-0.39, 0.29) is 12.4 Å². The van der Waals surface area contributed by atoms with E-state index in [2.05, 4.69) is 0 Å². The molecule has 0 aliphatic carbocycles. The molecule has 0 aromatic heterocycles. The van der Waals surface area contributed by atoms with Crippen LogP contribution in [0.5, 0.6) is 0 Å². The van der Waals surface area contributed by atoms with E-state index in [4.69, 9.17) is 11.6 Å². The first kappa shape index (κ1) is 13.3. The number of aliphatic hydroxyl groups excluding tert-OH is 1. The Hall–Kier alpha value is -0.810. The van der Waals surface area contributed by atoms with Crippen LogP contribution in [0.25, 0.3) is 0 Å². The maximum absolute atomic E-state index is 11.6. The minimum Gasteiger partial charge on any atom is -0.390 e. The SMILES string of the molecule is CCCN1CCN(CC(O)CCl)C(=O)C1=O. The monoisotopic (exact) mass is 248 g/mol. The van der Waals surface area contributed by atoms with Gasteiger partial charge in [0.25, 0.3) is 0 Å². The number of alkyl halides is 1. The second kappa shape index (κ2) is 6.06. The summed E-state index contributed by atoms with van der Waals surface area (Å²) >= 11 is 5.45. The molecule has 5 nitrogen and oxygen atoms in total. The van der Waals surface area contributed by atoms with E-state index in [1.807, 2.05) is 6.92 Å². The molecule has 0 bridgehead atoms. The van der Waals surface area contributed by atoms with Gasteiger partial charge in [0, 0.05) is 26.2 Å². The Labute approximate surface area is 100.0 Å². The summed E-state index contributed by atoms with van der Waals surface area (Å²) in [4.78, 5) is 26.2. The lowest BCUT2D eigenvalue weighted by Gasteiger charge is -2.34. The molecule has 1 unspecified atom stereocenters. The van der Waals surface area contributed by atoms with E-state index in [0.717, 1.165) is 6.42 Å². The van der Waals surface area contributed by atoms with E-state index in [1.54, 1.807) is 4.90 Å². The fourth-order valence-electron chi connectivity index (χ4n) is 1.68. The molecule has 16 heavy (non-hydrogen) atoms. The predicted octanol–water partition coefficient (Wildman–Crippen LogP) is -0.333. The van der Waals surface area contributed by atoms with Gasteiger partial charge in [0.15, 0.2) is 0 Å². The number of piperazine rings is 1. The van der Waals surface area contributed by atoms with Crippen molar-refractivity contribution in [3.63, 3.8) is 0 Å². The van der Waals surface area contributed by atoms with Gasteiger partial charge in [0.2, 0.25) is 0 Å². The van der Waals surface area contributed by atoms with Crippen molar-refractivity contribution in [1.82, 2.24) is 9.80 Å². The van der Waals surface area contributed by atoms with Gasteiger partial charge in [-0.3, -0.25) is 9.59 Å². The van der Waals surface area contributed by atoms with E-state index in [9.17, 15) is 14.7 Å². The molecule has 1 heterocycles. The van der Waals surface area contributed by atoms with Crippen molar-refractivity contribution in [3.05, 3.63) is 0 Å². The Balaban J connectivity index is 2.54. The minimum absolute atomic E-state index is 0.0661. The molecule has 1 rings (SSSR count). The van der Waals surface area contributed by atoms with Crippen molar-refractivity contribution >= 4 is 23.4 Å². The Morgan fingerprint density at radius 1 is 1.31 bits per heavy atom. The lowest BCUT2D eigenvalue weighted by Crippen LogP contribution is -2.56. The number of hydrogen-bond acceptors (Lipinski definition) is 3. The maximum Gasteiger partial charge on any atom is 0.312 e. The van der Waals surface area contributed by atoms with Crippen molar-refractivity contribution < 1.29 is 14.7 Å². The Kier molecular flexibility index (Phi) is 5.02. The summed E-state index contributed by atoms with van der Waals surface area (Å²) in [6.45, 7) is 3.71. The van der Waals surface area contributed by atoms with Gasteiger partial charge in [-0.25, -0.2) is 0 Å². The summed E-state index contributed by atoms with van der Waals surface area (Å²) < 4.78 is 0. The van der Waals surface area contributed by atoms with Gasteiger partial charge >= 0.3 is 11.8 Å². The van der Waals surface area contributed by atoms with Gasteiger partial charge in [0.05, 0.1) is 12.0 Å². The van der Waals surface area contributed by atoms with Crippen LogP contribution < -0.4 is 0 Å². The Morgan fingerprint density at radius 2 is 1.88 bits per heavy atom. The quantitative estimate of drug-likeness (QED) is 0.535. The van der Waals surface area contributed by atoms with E-state index in [1.165, 1.54) is 4.90 Å². The fourth-order valence-corrected chi connectivity index (χ4v) is 1.77. The number of hydrogen-bond donors (Lipinski definition) is 1. The van der Waals surface area contributed by atoms with Crippen LogP contribution in [0.3, 0.4) is 0 Å². The molecule has 1 aliphatic rings. The lowest BCUT2D eigenvalue weighted by atomic mass is 10.2. The molecular weight excluding hydrogens is 232 g/mol. The van der Waals surface area contributed by atoms with Crippen LogP contribution in [0.15, 0.2) is 0 Å². The van der Waals surface area contributed by atoms with E-state index >= 15 is 0 Å². The number of β-amino-alcohol motifs (C(OH)–C–C–N with tert-alkyl or cyclic N) is 1. The number of halogens is 1. The molecule has 6 heteroatoms. The second-order valence-electron chi connectivity index (χ2n) is 3.85. The van der Waals surface area contributed by atoms with Gasteiger partial charge in [0.1, 0.15) is 0 Å². The van der Waals surface area contributed by atoms with Gasteiger partial charge in [-0.2, -0.15) is 0 Å². The normalized spacial score (nSPS) is 19.2. The summed E-state index contributed by atoms with van der Waals surface area (Å²) in [6, 6.07) is 0. The predicted molar refractivity (Wildman–Crippen MR) is 60.2 cm³/mol. The maximum atomic E-state index is 11.6. The molecule has 2 amide bonds. The van der Waals surface area contributed by atoms with Crippen molar-refractivity contribution in [2.45, 2.75) is 19.4 Å². The fraction of sp³-hybridized carbons (Fsp3) is 0.800. The van der Waals surface area contributed by atoms with Gasteiger partial charge < -0.3 is 14.9 Å². The average molecular weight is 249 g/mol. The summed E-state index contributed by atoms with van der Waals surface area (Å²) in [5.74, 6) is -0.949. The zero-order chi connectivity index (χ0) is 12.1. The van der Waals surface area contributed by atoms with Crippen LogP contribution in [-0.2, 0) is 9.59 Å². The Morgan fingerprint density at radius 3 is 2.44 bits per heavy atom. The first-order valence-electron chi connectivity index (χ1n) is 5.42. The van der Waals surface area contributed by atoms with Crippen LogP contribution in [0, 0.1) is 0 Å². The Bertz CT molecular complexity index is 273. The van der Waals surface area contributed by atoms with Crippen molar-refractivity contribution in [2.24, 2.45) is 0 Å². The highest BCUT2D eigenvalue weighted by molar-refractivity contribution is 6.35. The van der Waals surface area contributed by atoms with E-state index < -0.39 is 17.9 Å². The highest BCUT2D eigenvalue weighted by Crippen LogP contribution is 2.07. The highest BCUT2D eigenvalue weighted by atomic mass is 35.5. The van der Waals surface area contributed by atoms with Gasteiger partial charge in [-0.05, 0) is 6.42 Å². The average Bonchev–Trinajstić information content (AvgIpc) is 2.28. The molecule has 0 aromatic carbocycles. The summed E-state index contributed by atoms with van der Waals surface area (Å²) in [7, 11) is 0. The summed E-state index contributed by atoms with van der Waals surface area (Å²) in [5.41, 5.74) is 0. The number of carbonyl (C=O) groups excluding carboxylic acids is 2. The third kappa shape index (κ3) is 3.09. The zero-order valence-electron chi connectivity index (χ0n) is 9.36. The van der Waals surface area contributed by atoms with Gasteiger partial charge in [-0.15, -0.1) is 11.6 Å². The van der Waals surface area contributed by atoms with Crippen molar-refractivity contribution in [1.29, 1.82) is 0 Å². The largest absolute Gasteiger partial charge is 0.390 e. The standard InChI is InChI=1S/C10H17ClN2O3/c1-2-3-12-4-5-13(7-8(14)6-11)10(16)9(12)15/h8,14H,2-7H2,1H3. The number of aliphatic hydroxyl groups is 1. The molecule has 1 N–H and O–H groups in total. The van der Waals surface area contributed by atoms with Gasteiger partial charge in [-0.1, -0.05) is 6.92 Å². The lowest BCUT2D eigenvalue weighted by molar-refractivity contribution is -0.156. The molecule has 1 aliphatic heterocycles. The molecular formula is C10H17ClN2O3. The highest BCUT2D eigenvalue weighted by Gasteiger charge is 2.32. The smallest absolute Gasteiger partial charge is 0.312 e. The first-order valence-corrected chi connectivity index (χ1v) is 5.95. The first-order chi connectivity index (χ1) is 7.60. The molecule has 92 valence electrons. The van der Waals surface area contributed by atoms with Crippen LogP contribution >= 0.6 is 11.6 Å². The van der Waals surface area contributed by atoms with Crippen molar-refractivity contribution in [3.8, 4) is 0 Å². The number of amides is 2. The number of nitrogens with zero attached hydrogens (tertiary/aromatic N) is 2. The van der Waals surface area contributed by atoms with E-state index in [0.29, 0.717) is 19.6 Å². The molecule has 0 radical (unpaired) electrons. The summed E-state index contributed by atoms with van der Waals surface area (Å²) in [5, 5.41) is 9.33. The molecule has 1 saturated heterocycles. The third-order valence-corrected chi connectivity index (χ3v) is 2.86. The van der Waals surface area contributed by atoms with Crippen LogP contribution in [0.4, 0.5) is 0 Å². The molecule has 0 spiro atoms. The number of rotatable bonds is 5. The molecule has 0 aromatic rings. The van der Waals surface area contributed by atoms with Crippen LogP contribution in [0.1, 0.15) is 13.3 Å². The topological polar surface area (TPSA) is 60.9 Å². The molecule has 1 fully saturated rings. The minimum atomic E-state index is -0.767. The third-order valence-electron chi connectivity index (χ3n) is 2.50. The van der Waals surface area contributed by atoms with Crippen molar-refractivity contribution in [2.75, 3.05) is 32.1 Å². The second-order valence-corrected chi connectivity index (χ2v) is 4.16. The number of carbonyl (C=O) groups is 2. The van der Waals surface area contributed by atoms with Crippen LogP contribution in [-0.4, -0.2) is 64.9 Å².